The van der Waals surface area contributed by atoms with Gasteiger partial charge in [-0.2, -0.15) is 10.2 Å². The van der Waals surface area contributed by atoms with Gasteiger partial charge in [-0.05, 0) is 80.6 Å². The molecule has 1 saturated heterocycles. The van der Waals surface area contributed by atoms with Crippen molar-refractivity contribution in [3.63, 3.8) is 0 Å². The zero-order valence-electron chi connectivity index (χ0n) is 47.8. The zero-order valence-corrected chi connectivity index (χ0v) is 47.8. The Morgan fingerprint density at radius 3 is 1.65 bits per heavy atom. The minimum atomic E-state index is -0.0656. The number of aryl methyl sites for hydroxylation is 4. The fourth-order valence-corrected chi connectivity index (χ4v) is 10.4. The second kappa shape index (κ2) is 21.5. The summed E-state index contributed by atoms with van der Waals surface area (Å²) in [6, 6.07) is 24.4. The highest BCUT2D eigenvalue weighted by Crippen LogP contribution is 2.41. The molecule has 82 heavy (non-hydrogen) atoms. The monoisotopic (exact) mass is 1090 g/mol. The Labute approximate surface area is 475 Å². The number of pyridine rings is 4. The number of imidazole rings is 1. The van der Waals surface area contributed by atoms with Gasteiger partial charge in [0, 0.05) is 114 Å². The van der Waals surface area contributed by atoms with E-state index >= 15 is 0 Å². The van der Waals surface area contributed by atoms with E-state index in [0.717, 1.165) is 138 Å². The Hall–Kier alpha value is -9.56. The van der Waals surface area contributed by atoms with E-state index in [-0.39, 0.29) is 17.1 Å². The molecular weight excluding hydrogens is 1030 g/mol. The fraction of sp³-hybridized carbons (Fsp3) is 0.290. The van der Waals surface area contributed by atoms with Gasteiger partial charge in [-0.1, -0.05) is 65.8 Å². The molecule has 13 rings (SSSR count). The molecule has 2 aromatic carbocycles. The molecule has 1 atom stereocenters. The minimum Gasteiger partial charge on any atom is -0.358 e. The number of benzene rings is 2. The van der Waals surface area contributed by atoms with Gasteiger partial charge in [-0.3, -0.25) is 18.9 Å². The molecule has 2 aliphatic rings. The van der Waals surface area contributed by atoms with Crippen molar-refractivity contribution in [2.75, 3.05) is 27.9 Å². The first kappa shape index (κ1) is 53.1. The third kappa shape index (κ3) is 10.3. The van der Waals surface area contributed by atoms with E-state index in [0.29, 0.717) is 29.3 Å². The van der Waals surface area contributed by atoms with Gasteiger partial charge in [-0.15, -0.1) is 0 Å². The standard InChI is InChI=1S/C33H36N10O.C29H29N9/c1-20-11-12-22-21(13-15-35-30(22)39-25-17-24(33(2,3)4)41-42(25)5)27(20)40-31-23(9-8-14-34-31)28-29-32(37-18-36-28)43(19-38-29)26-10-6-7-16-44-26;1-17-8-9-19-18(10-13-32-27(19)35-23-15-22(29(2,3)4)37-38(23)5)24(17)36-28-20(7-6-12-31-28)25-26-21(11-14-30-26)33-16-34-25/h8-9,11-15,17-19,26H,6-7,10,16H2,1-5H3,(H,34,40)(H,35,39);6-10,12-16H,11H2,1-5H3,(H,31,36)(H,32,35). The molecule has 2 aliphatic heterocycles. The first-order valence-corrected chi connectivity index (χ1v) is 27.6. The zero-order chi connectivity index (χ0) is 56.9. The number of nitrogens with one attached hydrogen (secondary N) is 4. The quantitative estimate of drug-likeness (QED) is 0.0944. The summed E-state index contributed by atoms with van der Waals surface area (Å²) >= 11 is 0. The highest BCUT2D eigenvalue weighted by molar-refractivity contribution is 6.05. The van der Waals surface area contributed by atoms with E-state index < -0.39 is 0 Å². The van der Waals surface area contributed by atoms with Crippen molar-refractivity contribution in [1.29, 1.82) is 0 Å². The van der Waals surface area contributed by atoms with Crippen molar-refractivity contribution in [3.8, 4) is 22.5 Å². The van der Waals surface area contributed by atoms with Crippen LogP contribution < -0.4 is 21.3 Å². The molecule has 4 N–H and O–H groups in total. The molecule has 9 aromatic heterocycles. The molecule has 414 valence electrons. The molecule has 1 unspecified atom stereocenters. The molecule has 11 aromatic rings. The number of nitrogens with zero attached hydrogens (tertiary/aromatic N) is 15. The van der Waals surface area contributed by atoms with Crippen molar-refractivity contribution >= 4 is 90.9 Å². The molecular formula is C62H65N19O. The van der Waals surface area contributed by atoms with Gasteiger partial charge in [0.1, 0.15) is 76.4 Å². The van der Waals surface area contributed by atoms with Gasteiger partial charge in [0.05, 0.1) is 34.8 Å². The lowest BCUT2D eigenvalue weighted by atomic mass is 9.92. The van der Waals surface area contributed by atoms with E-state index in [9.17, 15) is 0 Å². The first-order chi connectivity index (χ1) is 39.6. The Kier molecular flexibility index (Phi) is 13.9. The normalized spacial score (nSPS) is 14.2. The summed E-state index contributed by atoms with van der Waals surface area (Å²) in [5.41, 5.74) is 12.4. The average Bonchev–Trinajstić information content (AvgIpc) is 4.46. The van der Waals surface area contributed by atoms with Gasteiger partial charge in [0.25, 0.3) is 0 Å². The lowest BCUT2D eigenvalue weighted by molar-refractivity contribution is -0.0298. The van der Waals surface area contributed by atoms with Crippen LogP contribution in [0.3, 0.4) is 0 Å². The van der Waals surface area contributed by atoms with Gasteiger partial charge in [-0.25, -0.2) is 44.9 Å². The summed E-state index contributed by atoms with van der Waals surface area (Å²) in [6.45, 7) is 17.9. The predicted molar refractivity (Wildman–Crippen MR) is 324 cm³/mol. The summed E-state index contributed by atoms with van der Waals surface area (Å²) in [6.07, 6.45) is 17.9. The third-order valence-corrected chi connectivity index (χ3v) is 14.9. The molecule has 0 spiro atoms. The maximum absolute atomic E-state index is 6.03. The van der Waals surface area contributed by atoms with Crippen LogP contribution in [0.4, 0.5) is 52.0 Å². The highest BCUT2D eigenvalue weighted by Gasteiger charge is 2.25. The Morgan fingerprint density at radius 1 is 0.549 bits per heavy atom. The number of rotatable bonds is 11. The molecule has 20 heteroatoms. The van der Waals surface area contributed by atoms with Crippen molar-refractivity contribution < 1.29 is 4.74 Å². The van der Waals surface area contributed by atoms with Gasteiger partial charge >= 0.3 is 0 Å². The largest absolute Gasteiger partial charge is 0.358 e. The van der Waals surface area contributed by atoms with E-state index in [2.05, 4.69) is 148 Å². The molecule has 0 amide bonds. The average molecular weight is 1090 g/mol. The molecule has 1 fully saturated rings. The number of aliphatic imine (C=N–C) groups is 1. The Morgan fingerprint density at radius 2 is 1.10 bits per heavy atom. The summed E-state index contributed by atoms with van der Waals surface area (Å²) in [4.78, 5) is 46.3. The van der Waals surface area contributed by atoms with Crippen LogP contribution in [0.25, 0.3) is 55.2 Å². The van der Waals surface area contributed by atoms with Crippen molar-refractivity contribution in [2.45, 2.75) is 98.1 Å². The molecule has 0 saturated carbocycles. The lowest BCUT2D eigenvalue weighted by Gasteiger charge is -2.23. The SMILES string of the molecule is Cc1ccc2c(Nc3cc(C(C)(C)C)nn3C)nccc2c1Nc1ncccc1-c1ncnc2c1N=CC2.Cc1ccc2c(Nc3cc(C(C)(C)C)nn3C)nccc2c1Nc1ncccc1-c1ncnc2c1ncn2C1CCCCO1. The third-order valence-electron chi connectivity index (χ3n) is 14.9. The minimum absolute atomic E-state index is 0.0480. The smallest absolute Gasteiger partial charge is 0.165 e. The number of hydrogen-bond donors (Lipinski definition) is 4. The van der Waals surface area contributed by atoms with Crippen molar-refractivity contribution in [3.05, 3.63) is 145 Å². The molecule has 0 radical (unpaired) electrons. The summed E-state index contributed by atoms with van der Waals surface area (Å²) in [5.74, 6) is 4.66. The predicted octanol–water partition coefficient (Wildman–Crippen LogP) is 13.1. The van der Waals surface area contributed by atoms with Crippen LogP contribution >= 0.6 is 0 Å². The molecule has 0 bridgehead atoms. The van der Waals surface area contributed by atoms with Crippen molar-refractivity contribution in [2.24, 2.45) is 19.1 Å². The van der Waals surface area contributed by atoms with Gasteiger partial charge < -0.3 is 26.0 Å². The Balaban J connectivity index is 0.000000164. The lowest BCUT2D eigenvalue weighted by Crippen LogP contribution is -2.17. The summed E-state index contributed by atoms with van der Waals surface area (Å²) in [7, 11) is 3.88. The topological polar surface area (TPSA) is 226 Å². The Bertz CT molecular complexity index is 4230. The van der Waals surface area contributed by atoms with E-state index in [1.54, 1.807) is 25.0 Å². The molecule has 11 heterocycles. The number of hydrogen-bond acceptors (Lipinski definition) is 17. The van der Waals surface area contributed by atoms with E-state index in [1.165, 1.54) is 0 Å². The summed E-state index contributed by atoms with van der Waals surface area (Å²) in [5, 5.41) is 27.7. The maximum atomic E-state index is 6.03. The van der Waals surface area contributed by atoms with E-state index in [4.69, 9.17) is 29.9 Å². The van der Waals surface area contributed by atoms with Crippen LogP contribution in [-0.2, 0) is 36.1 Å². The number of fused-ring (bicyclic) bond motifs is 4. The maximum Gasteiger partial charge on any atom is 0.165 e. The van der Waals surface area contributed by atoms with Crippen LogP contribution in [-0.4, -0.2) is 81.8 Å². The highest BCUT2D eigenvalue weighted by atomic mass is 16.5. The van der Waals surface area contributed by atoms with Gasteiger partial charge in [0.2, 0.25) is 0 Å². The van der Waals surface area contributed by atoms with Crippen LogP contribution in [0.1, 0.15) is 95.2 Å². The van der Waals surface area contributed by atoms with Crippen LogP contribution in [0, 0.1) is 13.8 Å². The van der Waals surface area contributed by atoms with Crippen molar-refractivity contribution in [1.82, 2.24) is 69.0 Å². The first-order valence-electron chi connectivity index (χ1n) is 27.6. The second-order valence-electron chi connectivity index (χ2n) is 22.8. The second-order valence-corrected chi connectivity index (χ2v) is 22.8. The van der Waals surface area contributed by atoms with E-state index in [1.807, 2.05) is 89.4 Å². The van der Waals surface area contributed by atoms with Gasteiger partial charge in [0.15, 0.2) is 5.65 Å². The molecule has 20 nitrogen and oxygen atoms in total. The number of ether oxygens (including phenoxy) is 1. The van der Waals surface area contributed by atoms with Crippen LogP contribution in [0.15, 0.2) is 122 Å². The van der Waals surface area contributed by atoms with Crippen LogP contribution in [0.5, 0.6) is 0 Å². The molecule has 0 aliphatic carbocycles. The number of anilines is 8. The van der Waals surface area contributed by atoms with Crippen LogP contribution in [0.2, 0.25) is 0 Å². The summed E-state index contributed by atoms with van der Waals surface area (Å²) < 4.78 is 11.8. The fourth-order valence-electron chi connectivity index (χ4n) is 10.4. The number of aromatic nitrogens is 14.